The first-order valence-corrected chi connectivity index (χ1v) is 6.47. The summed E-state index contributed by atoms with van der Waals surface area (Å²) < 4.78 is 5.52. The number of aromatic nitrogens is 2. The molecule has 1 aliphatic heterocycles. The Morgan fingerprint density at radius 2 is 2.05 bits per heavy atom. The summed E-state index contributed by atoms with van der Waals surface area (Å²) in [7, 11) is 0. The lowest BCUT2D eigenvalue weighted by atomic mass is 9.96. The Morgan fingerprint density at radius 3 is 2.89 bits per heavy atom. The van der Waals surface area contributed by atoms with Gasteiger partial charge in [0.15, 0.2) is 0 Å². The van der Waals surface area contributed by atoms with E-state index in [4.69, 9.17) is 10.5 Å². The molecule has 1 aliphatic rings. The number of nitrogens with zero attached hydrogens (tertiary/aromatic N) is 2. The van der Waals surface area contributed by atoms with Crippen LogP contribution in [0.1, 0.15) is 34.1 Å². The lowest BCUT2D eigenvalue weighted by Gasteiger charge is -2.15. The second-order valence-electron chi connectivity index (χ2n) is 4.97. The zero-order valence-electron chi connectivity index (χ0n) is 11.2. The molecule has 2 aromatic rings. The van der Waals surface area contributed by atoms with Crippen LogP contribution in [-0.2, 0) is 6.42 Å². The Bertz CT molecular complexity index is 625. The van der Waals surface area contributed by atoms with E-state index in [2.05, 4.69) is 16.3 Å². The van der Waals surface area contributed by atoms with E-state index in [9.17, 15) is 0 Å². The minimum Gasteiger partial charge on any atom is -0.493 e. The van der Waals surface area contributed by atoms with Gasteiger partial charge in [0.1, 0.15) is 5.75 Å². The highest BCUT2D eigenvalue weighted by atomic mass is 16.5. The SMILES string of the molecule is Cc1cc(C(N)c2ccc3c(c2)CCO3)c(C)nn1. The van der Waals surface area contributed by atoms with Crippen molar-refractivity contribution >= 4 is 0 Å². The molecule has 4 nitrogen and oxygen atoms in total. The molecule has 0 bridgehead atoms. The monoisotopic (exact) mass is 255 g/mol. The summed E-state index contributed by atoms with van der Waals surface area (Å²) in [5.74, 6) is 0.983. The van der Waals surface area contributed by atoms with Crippen molar-refractivity contribution in [2.75, 3.05) is 6.61 Å². The van der Waals surface area contributed by atoms with Gasteiger partial charge in [0, 0.05) is 6.42 Å². The van der Waals surface area contributed by atoms with Gasteiger partial charge in [0.25, 0.3) is 0 Å². The van der Waals surface area contributed by atoms with Crippen LogP contribution >= 0.6 is 0 Å². The molecule has 98 valence electrons. The highest BCUT2D eigenvalue weighted by molar-refractivity contribution is 5.43. The third-order valence-corrected chi connectivity index (χ3v) is 3.55. The number of fused-ring (bicyclic) bond motifs is 1. The molecule has 1 atom stereocenters. The van der Waals surface area contributed by atoms with Crippen molar-refractivity contribution in [2.45, 2.75) is 26.3 Å². The largest absolute Gasteiger partial charge is 0.493 e. The molecule has 2 heterocycles. The van der Waals surface area contributed by atoms with Crippen molar-refractivity contribution in [3.05, 3.63) is 52.3 Å². The van der Waals surface area contributed by atoms with Gasteiger partial charge in [0.2, 0.25) is 0 Å². The van der Waals surface area contributed by atoms with Crippen molar-refractivity contribution in [3.8, 4) is 5.75 Å². The van der Waals surface area contributed by atoms with Gasteiger partial charge in [-0.15, -0.1) is 0 Å². The molecule has 0 aliphatic carbocycles. The Balaban J connectivity index is 1.99. The summed E-state index contributed by atoms with van der Waals surface area (Å²) in [4.78, 5) is 0. The molecular formula is C15H17N3O. The third kappa shape index (κ3) is 2.19. The number of hydrogen-bond acceptors (Lipinski definition) is 4. The average molecular weight is 255 g/mol. The van der Waals surface area contributed by atoms with Gasteiger partial charge in [-0.2, -0.15) is 10.2 Å². The third-order valence-electron chi connectivity index (χ3n) is 3.55. The highest BCUT2D eigenvalue weighted by Crippen LogP contribution is 2.30. The summed E-state index contributed by atoms with van der Waals surface area (Å²) in [5, 5.41) is 8.19. The van der Waals surface area contributed by atoms with E-state index < -0.39 is 0 Å². The fourth-order valence-electron chi connectivity index (χ4n) is 2.46. The molecule has 0 spiro atoms. The molecule has 0 saturated heterocycles. The number of nitrogens with two attached hydrogens (primary N) is 1. The van der Waals surface area contributed by atoms with Gasteiger partial charge in [-0.3, -0.25) is 0 Å². The fraction of sp³-hybridized carbons (Fsp3) is 0.333. The van der Waals surface area contributed by atoms with Crippen LogP contribution in [0.25, 0.3) is 0 Å². The number of ether oxygens (including phenoxy) is 1. The van der Waals surface area contributed by atoms with E-state index in [1.807, 2.05) is 32.0 Å². The molecule has 3 rings (SSSR count). The summed E-state index contributed by atoms with van der Waals surface area (Å²) in [6.07, 6.45) is 0.961. The van der Waals surface area contributed by atoms with Gasteiger partial charge in [-0.25, -0.2) is 0 Å². The first-order chi connectivity index (χ1) is 9.15. The number of hydrogen-bond donors (Lipinski definition) is 1. The molecule has 1 aromatic carbocycles. The predicted octanol–water partition coefficient (Wildman–Crippen LogP) is 2.08. The van der Waals surface area contributed by atoms with Gasteiger partial charge in [-0.05, 0) is 42.7 Å². The Labute approximate surface area is 112 Å². The van der Waals surface area contributed by atoms with Crippen molar-refractivity contribution in [1.82, 2.24) is 10.2 Å². The predicted molar refractivity (Wildman–Crippen MR) is 73.2 cm³/mol. The number of rotatable bonds is 2. The standard InChI is InChI=1S/C15H17N3O/c1-9-7-13(10(2)18-17-9)15(16)12-3-4-14-11(8-12)5-6-19-14/h3-4,7-8,15H,5-6,16H2,1-2H3. The van der Waals surface area contributed by atoms with Crippen LogP contribution in [0.2, 0.25) is 0 Å². The smallest absolute Gasteiger partial charge is 0.122 e. The molecule has 1 unspecified atom stereocenters. The summed E-state index contributed by atoms with van der Waals surface area (Å²) in [6, 6.07) is 8.03. The van der Waals surface area contributed by atoms with Crippen LogP contribution in [0, 0.1) is 13.8 Å². The number of benzene rings is 1. The van der Waals surface area contributed by atoms with Crippen LogP contribution in [-0.4, -0.2) is 16.8 Å². The van der Waals surface area contributed by atoms with Crippen molar-refractivity contribution < 1.29 is 4.74 Å². The van der Waals surface area contributed by atoms with Crippen LogP contribution in [0.5, 0.6) is 5.75 Å². The van der Waals surface area contributed by atoms with Gasteiger partial charge >= 0.3 is 0 Å². The molecule has 19 heavy (non-hydrogen) atoms. The lowest BCUT2D eigenvalue weighted by molar-refractivity contribution is 0.357. The second kappa shape index (κ2) is 4.63. The second-order valence-corrected chi connectivity index (χ2v) is 4.97. The molecule has 0 saturated carbocycles. The van der Waals surface area contributed by atoms with E-state index >= 15 is 0 Å². The van der Waals surface area contributed by atoms with Crippen molar-refractivity contribution in [2.24, 2.45) is 5.73 Å². The first kappa shape index (κ1) is 12.1. The van der Waals surface area contributed by atoms with Crippen LogP contribution in [0.3, 0.4) is 0 Å². The van der Waals surface area contributed by atoms with E-state index in [0.717, 1.165) is 41.3 Å². The Hall–Kier alpha value is -1.94. The van der Waals surface area contributed by atoms with Gasteiger partial charge in [-0.1, -0.05) is 12.1 Å². The van der Waals surface area contributed by atoms with Crippen LogP contribution in [0.4, 0.5) is 0 Å². The number of aryl methyl sites for hydroxylation is 2. The van der Waals surface area contributed by atoms with E-state index in [1.165, 1.54) is 5.56 Å². The first-order valence-electron chi connectivity index (χ1n) is 6.47. The molecule has 2 N–H and O–H groups in total. The maximum Gasteiger partial charge on any atom is 0.122 e. The quantitative estimate of drug-likeness (QED) is 0.892. The minimum atomic E-state index is -0.167. The minimum absolute atomic E-state index is 0.167. The van der Waals surface area contributed by atoms with Crippen molar-refractivity contribution in [1.29, 1.82) is 0 Å². The lowest BCUT2D eigenvalue weighted by Crippen LogP contribution is -2.15. The van der Waals surface area contributed by atoms with Crippen LogP contribution < -0.4 is 10.5 Å². The fourth-order valence-corrected chi connectivity index (χ4v) is 2.46. The summed E-state index contributed by atoms with van der Waals surface area (Å²) >= 11 is 0. The topological polar surface area (TPSA) is 61.0 Å². The highest BCUT2D eigenvalue weighted by Gasteiger charge is 2.17. The summed E-state index contributed by atoms with van der Waals surface area (Å²) in [6.45, 7) is 4.64. The van der Waals surface area contributed by atoms with E-state index in [1.54, 1.807) is 0 Å². The maximum absolute atomic E-state index is 6.37. The normalized spacial score (nSPS) is 14.9. The Morgan fingerprint density at radius 1 is 1.21 bits per heavy atom. The zero-order valence-corrected chi connectivity index (χ0v) is 11.2. The Kier molecular flexibility index (Phi) is 2.95. The van der Waals surface area contributed by atoms with Gasteiger partial charge in [0.05, 0.1) is 24.0 Å². The average Bonchev–Trinajstić information content (AvgIpc) is 2.88. The molecular weight excluding hydrogens is 238 g/mol. The maximum atomic E-state index is 6.37. The van der Waals surface area contributed by atoms with Gasteiger partial charge < -0.3 is 10.5 Å². The summed E-state index contributed by atoms with van der Waals surface area (Å²) in [5.41, 5.74) is 11.5. The van der Waals surface area contributed by atoms with Crippen molar-refractivity contribution in [3.63, 3.8) is 0 Å². The molecule has 0 radical (unpaired) electrons. The molecule has 0 amide bonds. The van der Waals surface area contributed by atoms with E-state index in [0.29, 0.717) is 0 Å². The zero-order chi connectivity index (χ0) is 13.4. The van der Waals surface area contributed by atoms with E-state index in [-0.39, 0.29) is 6.04 Å². The molecule has 4 heteroatoms. The molecule has 1 aromatic heterocycles. The van der Waals surface area contributed by atoms with Crippen LogP contribution in [0.15, 0.2) is 24.3 Å². The molecule has 0 fully saturated rings.